The number of hydrogen-bond donors (Lipinski definition) is 1. The van der Waals surface area contributed by atoms with Crippen molar-refractivity contribution in [2.45, 2.75) is 33.6 Å². The van der Waals surface area contributed by atoms with Crippen LogP contribution in [0.2, 0.25) is 0 Å². The number of allylic oxidation sites excluding steroid dienone is 1. The molecule has 0 radical (unpaired) electrons. The first-order valence-electron chi connectivity index (χ1n) is 6.45. The minimum atomic E-state index is -0.0884. The molecule has 1 aromatic rings. The zero-order chi connectivity index (χ0) is 14.4. The lowest BCUT2D eigenvalue weighted by atomic mass is 10.1. The van der Waals surface area contributed by atoms with Gasteiger partial charge >= 0.3 is 0 Å². The van der Waals surface area contributed by atoms with Gasteiger partial charge in [-0.15, -0.1) is 0 Å². The van der Waals surface area contributed by atoms with Gasteiger partial charge < -0.3 is 5.32 Å². The molecule has 1 N–H and O–H groups in total. The molecule has 102 valence electrons. The van der Waals surface area contributed by atoms with Crippen molar-refractivity contribution in [2.75, 3.05) is 6.54 Å². The fraction of sp³-hybridized carbons (Fsp3) is 0.375. The minimum Gasteiger partial charge on any atom is -0.352 e. The van der Waals surface area contributed by atoms with Crippen LogP contribution in [0.5, 0.6) is 0 Å². The molecule has 0 aliphatic heterocycles. The summed E-state index contributed by atoms with van der Waals surface area (Å²) in [5, 5.41) is 2.83. The summed E-state index contributed by atoms with van der Waals surface area (Å²) < 4.78 is 0. The smallest absolute Gasteiger partial charge is 0.251 e. The zero-order valence-electron chi connectivity index (χ0n) is 11.9. The summed E-state index contributed by atoms with van der Waals surface area (Å²) in [6, 6.07) is 5.76. The molecule has 0 heterocycles. The molecule has 0 unspecified atom stereocenters. The number of carbonyl (C=O) groups is 2. The first kappa shape index (κ1) is 15.2. The lowest BCUT2D eigenvalue weighted by Crippen LogP contribution is -2.25. The van der Waals surface area contributed by atoms with Crippen molar-refractivity contribution >= 4 is 11.7 Å². The molecule has 0 spiro atoms. The van der Waals surface area contributed by atoms with Crippen molar-refractivity contribution in [2.24, 2.45) is 0 Å². The Labute approximate surface area is 114 Å². The maximum Gasteiger partial charge on any atom is 0.251 e. The third-order valence-electron chi connectivity index (χ3n) is 2.83. The van der Waals surface area contributed by atoms with Gasteiger partial charge in [0.05, 0.1) is 0 Å². The second-order valence-electron chi connectivity index (χ2n) is 4.94. The van der Waals surface area contributed by atoms with E-state index in [2.05, 4.69) is 11.9 Å². The summed E-state index contributed by atoms with van der Waals surface area (Å²) in [5.74, 6) is -0.0322. The average Bonchev–Trinajstić information content (AvgIpc) is 2.32. The van der Waals surface area contributed by atoms with E-state index in [-0.39, 0.29) is 11.7 Å². The number of amides is 1. The van der Waals surface area contributed by atoms with E-state index in [1.54, 1.807) is 6.92 Å². The van der Waals surface area contributed by atoms with Crippen molar-refractivity contribution in [1.29, 1.82) is 0 Å². The van der Waals surface area contributed by atoms with Gasteiger partial charge in [-0.2, -0.15) is 0 Å². The van der Waals surface area contributed by atoms with Gasteiger partial charge in [0.1, 0.15) is 0 Å². The molecular weight excluding hydrogens is 238 g/mol. The molecule has 1 rings (SSSR count). The zero-order valence-corrected chi connectivity index (χ0v) is 11.9. The van der Waals surface area contributed by atoms with E-state index in [0.29, 0.717) is 30.5 Å². The highest BCUT2D eigenvalue weighted by atomic mass is 16.1. The molecule has 0 saturated heterocycles. The van der Waals surface area contributed by atoms with E-state index in [4.69, 9.17) is 0 Å². The molecule has 0 atom stereocenters. The Morgan fingerprint density at radius 3 is 2.26 bits per heavy atom. The second-order valence-corrected chi connectivity index (χ2v) is 4.94. The van der Waals surface area contributed by atoms with Crippen LogP contribution < -0.4 is 5.32 Å². The van der Waals surface area contributed by atoms with Gasteiger partial charge in [-0.25, -0.2) is 0 Å². The monoisotopic (exact) mass is 259 g/mol. The third-order valence-corrected chi connectivity index (χ3v) is 2.83. The Bertz CT molecular complexity index is 483. The normalized spacial score (nSPS) is 10.1. The van der Waals surface area contributed by atoms with Gasteiger partial charge in [0.15, 0.2) is 5.78 Å². The van der Waals surface area contributed by atoms with Crippen molar-refractivity contribution in [3.05, 3.63) is 47.0 Å². The van der Waals surface area contributed by atoms with Crippen LogP contribution in [0, 0.1) is 13.8 Å². The first-order chi connectivity index (χ1) is 8.90. The molecule has 3 heteroatoms. The van der Waals surface area contributed by atoms with Crippen LogP contribution in [0.1, 0.15) is 41.3 Å². The minimum absolute atomic E-state index is 0.0562. The number of nitrogens with one attached hydrogen (secondary N) is 1. The predicted molar refractivity (Wildman–Crippen MR) is 77.3 cm³/mol. The van der Waals surface area contributed by atoms with E-state index in [1.165, 1.54) is 0 Å². The standard InChI is InChI=1S/C16H21NO2/c1-11(2)15(18)6-5-7-17-16(19)14-9-12(3)8-13(4)10-14/h8-10H,1,5-7H2,2-4H3,(H,17,19). The summed E-state index contributed by atoms with van der Waals surface area (Å²) in [7, 11) is 0. The molecule has 0 bridgehead atoms. The number of carbonyl (C=O) groups excluding carboxylic acids is 2. The molecule has 0 saturated carbocycles. The largest absolute Gasteiger partial charge is 0.352 e. The highest BCUT2D eigenvalue weighted by Crippen LogP contribution is 2.08. The molecular formula is C16H21NO2. The van der Waals surface area contributed by atoms with Crippen molar-refractivity contribution in [3.63, 3.8) is 0 Å². The molecule has 0 aromatic heterocycles. The van der Waals surface area contributed by atoms with Crippen molar-refractivity contribution < 1.29 is 9.59 Å². The molecule has 0 aliphatic rings. The van der Waals surface area contributed by atoms with Gasteiger partial charge in [0, 0.05) is 18.5 Å². The van der Waals surface area contributed by atoms with Crippen LogP contribution in [0.25, 0.3) is 0 Å². The quantitative estimate of drug-likeness (QED) is 0.630. The Morgan fingerprint density at radius 2 is 1.74 bits per heavy atom. The van der Waals surface area contributed by atoms with E-state index in [9.17, 15) is 9.59 Å². The summed E-state index contributed by atoms with van der Waals surface area (Å²) in [4.78, 5) is 23.2. The van der Waals surface area contributed by atoms with E-state index >= 15 is 0 Å². The van der Waals surface area contributed by atoms with Crippen LogP contribution in [0.3, 0.4) is 0 Å². The van der Waals surface area contributed by atoms with Crippen molar-refractivity contribution in [3.8, 4) is 0 Å². The summed E-state index contributed by atoms with van der Waals surface area (Å²) in [6.45, 7) is 9.74. The summed E-state index contributed by atoms with van der Waals surface area (Å²) >= 11 is 0. The Hall–Kier alpha value is -1.90. The SMILES string of the molecule is C=C(C)C(=O)CCCNC(=O)c1cc(C)cc(C)c1. The Morgan fingerprint density at radius 1 is 1.16 bits per heavy atom. The number of hydrogen-bond acceptors (Lipinski definition) is 2. The highest BCUT2D eigenvalue weighted by molar-refractivity contribution is 5.95. The lowest BCUT2D eigenvalue weighted by Gasteiger charge is -2.07. The third kappa shape index (κ3) is 5.08. The number of aryl methyl sites for hydroxylation is 2. The number of rotatable bonds is 6. The van der Waals surface area contributed by atoms with Gasteiger partial charge in [-0.1, -0.05) is 23.8 Å². The number of benzene rings is 1. The Balaban J connectivity index is 2.43. The predicted octanol–water partition coefficient (Wildman–Crippen LogP) is 2.96. The molecule has 1 aromatic carbocycles. The average molecular weight is 259 g/mol. The highest BCUT2D eigenvalue weighted by Gasteiger charge is 2.07. The maximum absolute atomic E-state index is 11.9. The van der Waals surface area contributed by atoms with Crippen LogP contribution in [-0.4, -0.2) is 18.2 Å². The van der Waals surface area contributed by atoms with Crippen LogP contribution in [0.15, 0.2) is 30.4 Å². The van der Waals surface area contributed by atoms with Crippen LogP contribution in [-0.2, 0) is 4.79 Å². The lowest BCUT2D eigenvalue weighted by molar-refractivity contribution is -0.115. The van der Waals surface area contributed by atoms with Gasteiger partial charge in [-0.3, -0.25) is 9.59 Å². The summed E-state index contributed by atoms with van der Waals surface area (Å²) in [5.41, 5.74) is 3.38. The molecule has 3 nitrogen and oxygen atoms in total. The van der Waals surface area contributed by atoms with Gasteiger partial charge in [0.2, 0.25) is 0 Å². The second kappa shape index (κ2) is 6.88. The van der Waals surface area contributed by atoms with E-state index < -0.39 is 0 Å². The Kier molecular flexibility index (Phi) is 5.49. The van der Waals surface area contributed by atoms with E-state index in [1.807, 2.05) is 32.0 Å². The van der Waals surface area contributed by atoms with E-state index in [0.717, 1.165) is 11.1 Å². The topological polar surface area (TPSA) is 46.2 Å². The van der Waals surface area contributed by atoms with Crippen LogP contribution >= 0.6 is 0 Å². The fourth-order valence-corrected chi connectivity index (χ4v) is 1.87. The molecule has 19 heavy (non-hydrogen) atoms. The van der Waals surface area contributed by atoms with Crippen molar-refractivity contribution in [1.82, 2.24) is 5.32 Å². The fourth-order valence-electron chi connectivity index (χ4n) is 1.87. The summed E-state index contributed by atoms with van der Waals surface area (Å²) in [6.07, 6.45) is 1.07. The molecule has 0 aliphatic carbocycles. The molecule has 1 amide bonds. The first-order valence-corrected chi connectivity index (χ1v) is 6.45. The number of ketones is 1. The van der Waals surface area contributed by atoms with Gasteiger partial charge in [-0.05, 0) is 44.9 Å². The van der Waals surface area contributed by atoms with Crippen LogP contribution in [0.4, 0.5) is 0 Å². The number of Topliss-reactive ketones (excluding diaryl/α,β-unsaturated/α-hetero) is 1. The van der Waals surface area contributed by atoms with Gasteiger partial charge in [0.25, 0.3) is 5.91 Å². The molecule has 0 fully saturated rings. The maximum atomic E-state index is 11.9.